The van der Waals surface area contributed by atoms with Crippen LogP contribution in [0.5, 0.6) is 0 Å². The van der Waals surface area contributed by atoms with E-state index in [1.54, 1.807) is 0 Å². The molecule has 1 heterocycles. The molecule has 0 N–H and O–H groups in total. The predicted octanol–water partition coefficient (Wildman–Crippen LogP) is 4.73. The number of nitrogens with zero attached hydrogens (tertiary/aromatic N) is 2. The smallest absolute Gasteiger partial charge is 0.211 e. The van der Waals surface area contributed by atoms with Crippen molar-refractivity contribution in [1.82, 2.24) is 9.13 Å². The fourth-order valence-corrected chi connectivity index (χ4v) is 11.4. The molecular weight excluding hydrogens is 272 g/mol. The minimum absolute atomic E-state index is 0.408. The van der Waals surface area contributed by atoms with Crippen molar-refractivity contribution in [2.45, 2.75) is 66.5 Å². The first-order valence-corrected chi connectivity index (χ1v) is 11.1. The van der Waals surface area contributed by atoms with Gasteiger partial charge < -0.3 is 9.13 Å². The average Bonchev–Trinajstić information content (AvgIpc) is 2.42. The van der Waals surface area contributed by atoms with Crippen molar-refractivity contribution in [3.8, 4) is 0 Å². The van der Waals surface area contributed by atoms with E-state index in [0.29, 0.717) is 5.41 Å². The lowest BCUT2D eigenvalue weighted by atomic mass is 9.86. The molecule has 1 aliphatic heterocycles. The van der Waals surface area contributed by atoms with Crippen molar-refractivity contribution in [2.24, 2.45) is 11.3 Å². The molecule has 2 nitrogen and oxygen atoms in total. The SMILES string of the molecule is C=CC1C[Si](N(CC)CC)(N(CC)CC)C1CC(C)(C)C. The molecule has 1 aliphatic rings. The van der Waals surface area contributed by atoms with Crippen LogP contribution in [0.1, 0.15) is 54.9 Å². The molecule has 0 aromatic heterocycles. The summed E-state index contributed by atoms with van der Waals surface area (Å²) in [6.45, 7) is 25.5. The van der Waals surface area contributed by atoms with E-state index in [2.05, 4.69) is 70.3 Å². The van der Waals surface area contributed by atoms with Crippen molar-refractivity contribution in [3.63, 3.8) is 0 Å². The molecule has 0 aromatic rings. The van der Waals surface area contributed by atoms with Crippen LogP contribution in [-0.4, -0.2) is 43.7 Å². The largest absolute Gasteiger partial charge is 0.312 e. The monoisotopic (exact) mass is 310 g/mol. The van der Waals surface area contributed by atoms with E-state index >= 15 is 0 Å². The van der Waals surface area contributed by atoms with Gasteiger partial charge in [-0.15, -0.1) is 6.58 Å². The summed E-state index contributed by atoms with van der Waals surface area (Å²) in [4.78, 5) is 0. The maximum Gasteiger partial charge on any atom is 0.211 e. The fraction of sp³-hybridized carbons (Fsp3) is 0.889. The average molecular weight is 311 g/mol. The minimum atomic E-state index is -1.53. The molecule has 3 heteroatoms. The lowest BCUT2D eigenvalue weighted by Gasteiger charge is -2.63. The lowest BCUT2D eigenvalue weighted by Crippen LogP contribution is -2.75. The van der Waals surface area contributed by atoms with Gasteiger partial charge in [-0.25, -0.2) is 0 Å². The van der Waals surface area contributed by atoms with Crippen LogP contribution in [0.4, 0.5) is 0 Å². The third-order valence-corrected chi connectivity index (χ3v) is 11.8. The van der Waals surface area contributed by atoms with Gasteiger partial charge in [0.15, 0.2) is 0 Å². The third-order valence-electron chi connectivity index (χ3n) is 5.40. The summed E-state index contributed by atoms with van der Waals surface area (Å²) in [5.74, 6) is 0.733. The highest BCUT2D eigenvalue weighted by atomic mass is 28.4. The Hall–Kier alpha value is -0.123. The first-order valence-electron chi connectivity index (χ1n) is 8.93. The summed E-state index contributed by atoms with van der Waals surface area (Å²) >= 11 is 0. The van der Waals surface area contributed by atoms with Crippen LogP contribution in [0.15, 0.2) is 12.7 Å². The molecule has 1 saturated heterocycles. The molecule has 0 spiro atoms. The Bertz CT molecular complexity index is 315. The molecule has 2 unspecified atom stereocenters. The molecule has 0 aliphatic carbocycles. The van der Waals surface area contributed by atoms with Crippen LogP contribution < -0.4 is 0 Å². The second-order valence-corrected chi connectivity index (χ2v) is 11.9. The maximum absolute atomic E-state index is 4.14. The van der Waals surface area contributed by atoms with Gasteiger partial charge in [-0.1, -0.05) is 54.5 Å². The van der Waals surface area contributed by atoms with Crippen molar-refractivity contribution in [3.05, 3.63) is 12.7 Å². The zero-order valence-electron chi connectivity index (χ0n) is 15.6. The van der Waals surface area contributed by atoms with E-state index in [-0.39, 0.29) is 0 Å². The number of allylic oxidation sites excluding steroid dienone is 1. The molecule has 2 atom stereocenters. The zero-order chi connectivity index (χ0) is 16.3. The summed E-state index contributed by atoms with van der Waals surface area (Å²) in [5, 5.41) is 0. The highest BCUT2D eigenvalue weighted by Crippen LogP contribution is 2.56. The fourth-order valence-electron chi connectivity index (χ4n) is 4.51. The Kier molecular flexibility index (Phi) is 6.70. The highest BCUT2D eigenvalue weighted by molar-refractivity contribution is 6.79. The van der Waals surface area contributed by atoms with Crippen LogP contribution in [0.3, 0.4) is 0 Å². The normalized spacial score (nSPS) is 25.2. The quantitative estimate of drug-likeness (QED) is 0.472. The van der Waals surface area contributed by atoms with Crippen LogP contribution in [0.2, 0.25) is 11.6 Å². The van der Waals surface area contributed by atoms with Gasteiger partial charge in [-0.05, 0) is 55.5 Å². The summed E-state index contributed by atoms with van der Waals surface area (Å²) < 4.78 is 5.69. The van der Waals surface area contributed by atoms with Crippen LogP contribution in [-0.2, 0) is 0 Å². The van der Waals surface area contributed by atoms with E-state index in [1.807, 2.05) is 0 Å². The maximum atomic E-state index is 4.14. The van der Waals surface area contributed by atoms with Gasteiger partial charge in [-0.2, -0.15) is 0 Å². The van der Waals surface area contributed by atoms with Crippen molar-refractivity contribution < 1.29 is 0 Å². The molecule has 0 radical (unpaired) electrons. The summed E-state index contributed by atoms with van der Waals surface area (Å²) in [6, 6.07) is 1.39. The second kappa shape index (κ2) is 7.43. The summed E-state index contributed by atoms with van der Waals surface area (Å²) in [5.41, 5.74) is 1.25. The van der Waals surface area contributed by atoms with Gasteiger partial charge in [0, 0.05) is 0 Å². The van der Waals surface area contributed by atoms with Crippen LogP contribution >= 0.6 is 0 Å². The van der Waals surface area contributed by atoms with E-state index in [4.69, 9.17) is 0 Å². The van der Waals surface area contributed by atoms with Crippen molar-refractivity contribution >= 4 is 8.40 Å². The van der Waals surface area contributed by atoms with Gasteiger partial charge >= 0.3 is 0 Å². The minimum Gasteiger partial charge on any atom is -0.312 e. The zero-order valence-corrected chi connectivity index (χ0v) is 16.6. The van der Waals surface area contributed by atoms with Crippen molar-refractivity contribution in [2.75, 3.05) is 26.2 Å². The van der Waals surface area contributed by atoms with Crippen LogP contribution in [0.25, 0.3) is 0 Å². The van der Waals surface area contributed by atoms with E-state index in [1.165, 1.54) is 38.6 Å². The summed E-state index contributed by atoms with van der Waals surface area (Å²) in [6.07, 6.45) is 3.58. The Morgan fingerprint density at radius 1 is 1.00 bits per heavy atom. The Morgan fingerprint density at radius 2 is 1.43 bits per heavy atom. The van der Waals surface area contributed by atoms with E-state index < -0.39 is 8.40 Å². The highest BCUT2D eigenvalue weighted by Gasteiger charge is 2.61. The summed E-state index contributed by atoms with van der Waals surface area (Å²) in [7, 11) is -1.53. The molecular formula is C18H38N2Si. The van der Waals surface area contributed by atoms with Gasteiger partial charge in [0.05, 0.1) is 0 Å². The first kappa shape index (κ1) is 18.9. The number of hydrogen-bond acceptors (Lipinski definition) is 2. The van der Waals surface area contributed by atoms with Crippen LogP contribution in [0, 0.1) is 11.3 Å². The number of hydrogen-bond donors (Lipinski definition) is 0. The second-order valence-electron chi connectivity index (χ2n) is 7.70. The molecule has 0 saturated carbocycles. The van der Waals surface area contributed by atoms with Gasteiger partial charge in [0.25, 0.3) is 0 Å². The predicted molar refractivity (Wildman–Crippen MR) is 97.9 cm³/mol. The molecule has 1 rings (SSSR count). The Labute approximate surface area is 134 Å². The molecule has 0 aromatic carbocycles. The van der Waals surface area contributed by atoms with E-state index in [0.717, 1.165) is 11.5 Å². The molecule has 1 fully saturated rings. The molecule has 21 heavy (non-hydrogen) atoms. The standard InChI is InChI=1S/C18H38N2Si/c1-9-16-15-21(19(10-2)11-3,20(12-4)13-5)17(16)14-18(6,7)8/h9,16-17H,1,10-15H2,2-8H3. The molecule has 0 bridgehead atoms. The topological polar surface area (TPSA) is 6.48 Å². The van der Waals surface area contributed by atoms with Gasteiger partial charge in [0.1, 0.15) is 0 Å². The molecule has 0 amide bonds. The molecule has 124 valence electrons. The van der Waals surface area contributed by atoms with E-state index in [9.17, 15) is 0 Å². The first-order chi connectivity index (χ1) is 9.80. The lowest BCUT2D eigenvalue weighted by molar-refractivity contribution is 0.239. The Balaban J connectivity index is 3.19. The van der Waals surface area contributed by atoms with Gasteiger partial charge in [0.2, 0.25) is 8.40 Å². The Morgan fingerprint density at radius 3 is 1.71 bits per heavy atom. The van der Waals surface area contributed by atoms with Gasteiger partial charge in [-0.3, -0.25) is 0 Å². The third kappa shape index (κ3) is 3.62. The number of rotatable bonds is 8. The van der Waals surface area contributed by atoms with Crippen molar-refractivity contribution in [1.29, 1.82) is 0 Å².